The SMILES string of the molecule is N#CC1=C(N)C(C#N)(C#N)[C@@H](c2ccc(Cl)cc2)[C@@H]2CN(C(=O)OCc3ccccc3)CC=C12. The van der Waals surface area contributed by atoms with Gasteiger partial charge in [-0.1, -0.05) is 60.1 Å². The predicted molar refractivity (Wildman–Crippen MR) is 124 cm³/mol. The molecule has 168 valence electrons. The van der Waals surface area contributed by atoms with Crippen molar-refractivity contribution in [3.8, 4) is 18.2 Å². The van der Waals surface area contributed by atoms with E-state index in [1.807, 2.05) is 30.3 Å². The third-order valence-electron chi connectivity index (χ3n) is 6.36. The van der Waals surface area contributed by atoms with Gasteiger partial charge in [0.05, 0.1) is 23.4 Å². The smallest absolute Gasteiger partial charge is 0.410 e. The van der Waals surface area contributed by atoms with Crippen LogP contribution in [0.25, 0.3) is 0 Å². The highest BCUT2D eigenvalue weighted by molar-refractivity contribution is 6.30. The molecule has 2 aromatic carbocycles. The van der Waals surface area contributed by atoms with Crippen molar-refractivity contribution >= 4 is 17.7 Å². The maximum Gasteiger partial charge on any atom is 0.410 e. The summed E-state index contributed by atoms with van der Waals surface area (Å²) in [4.78, 5) is 14.4. The molecule has 1 amide bonds. The summed E-state index contributed by atoms with van der Waals surface area (Å²) < 4.78 is 5.49. The van der Waals surface area contributed by atoms with Gasteiger partial charge in [-0.15, -0.1) is 0 Å². The number of halogens is 1. The van der Waals surface area contributed by atoms with Gasteiger partial charge in [0.25, 0.3) is 0 Å². The molecule has 0 aromatic heterocycles. The van der Waals surface area contributed by atoms with Gasteiger partial charge >= 0.3 is 6.09 Å². The first kappa shape index (κ1) is 22.9. The van der Waals surface area contributed by atoms with Crippen molar-refractivity contribution < 1.29 is 9.53 Å². The molecular formula is C26H20ClN5O2. The fourth-order valence-electron chi connectivity index (χ4n) is 4.69. The number of carbonyl (C=O) groups excluding carboxylic acids is 1. The van der Waals surface area contributed by atoms with Crippen LogP contribution in [0.1, 0.15) is 17.0 Å². The Kier molecular flexibility index (Phi) is 6.28. The van der Waals surface area contributed by atoms with Crippen LogP contribution in [-0.4, -0.2) is 24.1 Å². The predicted octanol–water partition coefficient (Wildman–Crippen LogP) is 4.40. The van der Waals surface area contributed by atoms with Crippen molar-refractivity contribution in [1.29, 1.82) is 15.8 Å². The second-order valence-corrected chi connectivity index (χ2v) is 8.61. The highest BCUT2D eigenvalue weighted by Crippen LogP contribution is 2.54. The van der Waals surface area contributed by atoms with Gasteiger partial charge < -0.3 is 15.4 Å². The van der Waals surface area contributed by atoms with Crippen LogP contribution in [0.3, 0.4) is 0 Å². The summed E-state index contributed by atoms with van der Waals surface area (Å²) in [5.74, 6) is -1.23. The molecule has 0 saturated heterocycles. The summed E-state index contributed by atoms with van der Waals surface area (Å²) in [5.41, 5.74) is 6.73. The molecule has 2 atom stereocenters. The normalized spacial score (nSPS) is 20.8. The lowest BCUT2D eigenvalue weighted by molar-refractivity contribution is 0.0898. The second kappa shape index (κ2) is 9.32. The van der Waals surface area contributed by atoms with E-state index in [-0.39, 0.29) is 31.0 Å². The molecule has 2 aliphatic rings. The summed E-state index contributed by atoms with van der Waals surface area (Å²) in [7, 11) is 0. The maximum atomic E-state index is 12.9. The van der Waals surface area contributed by atoms with Crippen molar-refractivity contribution in [2.24, 2.45) is 17.1 Å². The molecular weight excluding hydrogens is 450 g/mol. The van der Waals surface area contributed by atoms with Crippen LogP contribution in [0.15, 0.2) is 77.5 Å². The van der Waals surface area contributed by atoms with Gasteiger partial charge in [-0.25, -0.2) is 4.79 Å². The minimum Gasteiger partial charge on any atom is -0.445 e. The Morgan fingerprint density at radius 2 is 1.79 bits per heavy atom. The first-order chi connectivity index (χ1) is 16.4. The van der Waals surface area contributed by atoms with E-state index in [9.17, 15) is 20.6 Å². The number of allylic oxidation sites excluding steroid dienone is 2. The molecule has 0 radical (unpaired) electrons. The van der Waals surface area contributed by atoms with Crippen molar-refractivity contribution in [3.63, 3.8) is 0 Å². The zero-order valence-corrected chi connectivity index (χ0v) is 18.9. The molecule has 0 spiro atoms. The fraction of sp³-hybridized carbons (Fsp3) is 0.231. The summed E-state index contributed by atoms with van der Waals surface area (Å²) in [6.45, 7) is 0.502. The number of nitrogens with zero attached hydrogens (tertiary/aromatic N) is 4. The highest BCUT2D eigenvalue weighted by Gasteiger charge is 2.54. The van der Waals surface area contributed by atoms with Crippen molar-refractivity contribution in [1.82, 2.24) is 4.90 Å². The largest absolute Gasteiger partial charge is 0.445 e. The van der Waals surface area contributed by atoms with Crippen LogP contribution >= 0.6 is 11.6 Å². The number of hydrogen-bond donors (Lipinski definition) is 1. The van der Waals surface area contributed by atoms with Crippen LogP contribution in [0.4, 0.5) is 4.79 Å². The molecule has 2 aromatic rings. The van der Waals surface area contributed by atoms with Crippen LogP contribution < -0.4 is 5.73 Å². The van der Waals surface area contributed by atoms with Gasteiger partial charge in [0.15, 0.2) is 5.41 Å². The summed E-state index contributed by atoms with van der Waals surface area (Å²) in [6.07, 6.45) is 1.24. The van der Waals surface area contributed by atoms with Gasteiger partial charge in [-0.05, 0) is 28.8 Å². The number of rotatable bonds is 3. The first-order valence-corrected chi connectivity index (χ1v) is 11.0. The number of carbonyl (C=O) groups is 1. The Morgan fingerprint density at radius 1 is 1.12 bits per heavy atom. The Hall–Kier alpha value is -4.25. The molecule has 1 heterocycles. The van der Waals surface area contributed by atoms with E-state index in [0.717, 1.165) is 5.56 Å². The third-order valence-corrected chi connectivity index (χ3v) is 6.61. The molecule has 4 rings (SSSR count). The van der Waals surface area contributed by atoms with Crippen molar-refractivity contribution in [2.75, 3.05) is 13.1 Å². The second-order valence-electron chi connectivity index (χ2n) is 8.17. The van der Waals surface area contributed by atoms with E-state index in [1.54, 1.807) is 30.3 Å². The molecule has 0 unspecified atom stereocenters. The van der Waals surface area contributed by atoms with Gasteiger partial charge in [0.2, 0.25) is 0 Å². The standard InChI is InChI=1S/C26H20ClN5O2/c27-19-8-6-18(7-9-19)23-22-13-32(25(33)34-14-17-4-2-1-3-5-17)11-10-20(22)21(12-28)24(31)26(23,15-29)16-30/h1-10,22-23H,11,13-14,31H2/t22-,23+/m1/s1. The van der Waals surface area contributed by atoms with Crippen molar-refractivity contribution in [3.05, 3.63) is 93.7 Å². The number of fused-ring (bicyclic) bond motifs is 1. The van der Waals surface area contributed by atoms with E-state index in [0.29, 0.717) is 16.2 Å². The molecule has 0 saturated carbocycles. The topological polar surface area (TPSA) is 127 Å². The van der Waals surface area contributed by atoms with E-state index < -0.39 is 23.3 Å². The molecule has 2 N–H and O–H groups in total. The lowest BCUT2D eigenvalue weighted by Gasteiger charge is -2.45. The van der Waals surface area contributed by atoms with E-state index >= 15 is 0 Å². The van der Waals surface area contributed by atoms with Crippen LogP contribution in [0.5, 0.6) is 0 Å². The molecule has 34 heavy (non-hydrogen) atoms. The molecule has 0 bridgehead atoms. The first-order valence-electron chi connectivity index (χ1n) is 10.6. The number of nitriles is 3. The minimum atomic E-state index is -1.78. The van der Waals surface area contributed by atoms with Crippen molar-refractivity contribution in [2.45, 2.75) is 12.5 Å². The van der Waals surface area contributed by atoms with E-state index in [2.05, 4.69) is 18.2 Å². The Bertz CT molecular complexity index is 1280. The van der Waals surface area contributed by atoms with Gasteiger partial charge in [0.1, 0.15) is 12.7 Å². The fourth-order valence-corrected chi connectivity index (χ4v) is 4.81. The molecule has 1 aliphatic carbocycles. The number of amides is 1. The van der Waals surface area contributed by atoms with E-state index in [1.165, 1.54) is 4.90 Å². The Labute approximate surface area is 202 Å². The average molecular weight is 470 g/mol. The zero-order chi connectivity index (χ0) is 24.3. The lowest BCUT2D eigenvalue weighted by Crippen LogP contribution is -2.49. The highest BCUT2D eigenvalue weighted by atomic mass is 35.5. The lowest BCUT2D eigenvalue weighted by atomic mass is 9.58. The van der Waals surface area contributed by atoms with Gasteiger partial charge in [-0.3, -0.25) is 0 Å². The third kappa shape index (κ3) is 3.86. The Balaban J connectivity index is 1.73. The number of hydrogen-bond acceptors (Lipinski definition) is 6. The average Bonchev–Trinajstić information content (AvgIpc) is 2.88. The minimum absolute atomic E-state index is 0.0671. The number of ether oxygens (including phenoxy) is 1. The summed E-state index contributed by atoms with van der Waals surface area (Å²) >= 11 is 6.06. The Morgan fingerprint density at radius 3 is 2.41 bits per heavy atom. The van der Waals surface area contributed by atoms with E-state index in [4.69, 9.17) is 22.1 Å². The monoisotopic (exact) mass is 469 g/mol. The zero-order valence-electron chi connectivity index (χ0n) is 18.1. The summed E-state index contributed by atoms with van der Waals surface area (Å²) in [6, 6.07) is 22.4. The van der Waals surface area contributed by atoms with Crippen LogP contribution in [0, 0.1) is 45.3 Å². The van der Waals surface area contributed by atoms with Gasteiger partial charge in [0, 0.05) is 29.9 Å². The van der Waals surface area contributed by atoms with Gasteiger partial charge in [-0.2, -0.15) is 15.8 Å². The number of nitrogens with two attached hydrogens (primary N) is 1. The van der Waals surface area contributed by atoms with Crippen LogP contribution in [-0.2, 0) is 11.3 Å². The maximum absolute atomic E-state index is 12.9. The van der Waals surface area contributed by atoms with Crippen LogP contribution in [0.2, 0.25) is 5.02 Å². The number of benzene rings is 2. The molecule has 1 aliphatic heterocycles. The molecule has 7 nitrogen and oxygen atoms in total. The molecule has 8 heteroatoms. The molecule has 0 fully saturated rings. The quantitative estimate of drug-likeness (QED) is 0.709. The summed E-state index contributed by atoms with van der Waals surface area (Å²) in [5, 5.41) is 30.6.